The van der Waals surface area contributed by atoms with E-state index >= 15 is 0 Å². The smallest absolute Gasteiger partial charge is 0.383 e. The number of aromatic nitrogens is 1. The number of aryl methyl sites for hydroxylation is 1. The third-order valence-corrected chi connectivity index (χ3v) is 6.57. The molecule has 36 heavy (non-hydrogen) atoms. The fraction of sp³-hybridized carbons (Fsp3) is 0.346. The Labute approximate surface area is 205 Å². The van der Waals surface area contributed by atoms with E-state index in [9.17, 15) is 27.9 Å². The SMILES string of the molecule is Cn1cc(C2CCN(C(=O)CC(O)C(F)(F)F)CC2)c2cc(NC(=O)c3cccc(C#N)c3)ccc21. The lowest BCUT2D eigenvalue weighted by atomic mass is 9.89. The number of nitriles is 1. The Balaban J connectivity index is 1.48. The number of alkyl halides is 3. The van der Waals surface area contributed by atoms with Gasteiger partial charge in [0.15, 0.2) is 6.10 Å². The lowest BCUT2D eigenvalue weighted by Gasteiger charge is -2.32. The molecule has 1 atom stereocenters. The van der Waals surface area contributed by atoms with E-state index < -0.39 is 24.6 Å². The van der Waals surface area contributed by atoms with Gasteiger partial charge in [0.2, 0.25) is 5.91 Å². The molecule has 2 N–H and O–H groups in total. The summed E-state index contributed by atoms with van der Waals surface area (Å²) in [4.78, 5) is 26.3. The van der Waals surface area contributed by atoms with Gasteiger partial charge in [-0.1, -0.05) is 6.07 Å². The van der Waals surface area contributed by atoms with Crippen LogP contribution in [0.2, 0.25) is 0 Å². The average Bonchev–Trinajstić information content (AvgIpc) is 3.19. The number of hydrogen-bond acceptors (Lipinski definition) is 4. The van der Waals surface area contributed by atoms with E-state index in [-0.39, 0.29) is 11.8 Å². The third kappa shape index (κ3) is 5.36. The number of hydrogen-bond donors (Lipinski definition) is 2. The quantitative estimate of drug-likeness (QED) is 0.547. The molecule has 2 aromatic carbocycles. The molecule has 0 radical (unpaired) electrons. The highest BCUT2D eigenvalue weighted by Gasteiger charge is 2.40. The van der Waals surface area contributed by atoms with Crippen molar-refractivity contribution in [2.24, 2.45) is 7.05 Å². The molecule has 10 heteroatoms. The number of carbonyl (C=O) groups is 2. The van der Waals surface area contributed by atoms with Crippen molar-refractivity contribution in [1.82, 2.24) is 9.47 Å². The van der Waals surface area contributed by atoms with Gasteiger partial charge < -0.3 is 19.9 Å². The van der Waals surface area contributed by atoms with Crippen molar-refractivity contribution in [2.45, 2.75) is 37.5 Å². The summed E-state index contributed by atoms with van der Waals surface area (Å²) in [5.41, 5.74) is 3.35. The summed E-state index contributed by atoms with van der Waals surface area (Å²) in [6, 6.07) is 14.0. The highest BCUT2D eigenvalue weighted by molar-refractivity contribution is 6.05. The number of aliphatic hydroxyl groups excluding tert-OH is 1. The molecule has 1 saturated heterocycles. The second-order valence-corrected chi connectivity index (χ2v) is 8.99. The van der Waals surface area contributed by atoms with Gasteiger partial charge >= 0.3 is 6.18 Å². The van der Waals surface area contributed by atoms with Crippen LogP contribution in [-0.2, 0) is 11.8 Å². The zero-order valence-corrected chi connectivity index (χ0v) is 19.5. The maximum Gasteiger partial charge on any atom is 0.414 e. The minimum Gasteiger partial charge on any atom is -0.383 e. The molecule has 0 aliphatic carbocycles. The summed E-state index contributed by atoms with van der Waals surface area (Å²) in [5.74, 6) is -0.956. The van der Waals surface area contributed by atoms with Gasteiger partial charge in [-0.25, -0.2) is 0 Å². The Hall–Kier alpha value is -3.84. The van der Waals surface area contributed by atoms with Crippen LogP contribution < -0.4 is 5.32 Å². The number of carbonyl (C=O) groups excluding carboxylic acids is 2. The topological polar surface area (TPSA) is 98.4 Å². The monoisotopic (exact) mass is 498 g/mol. The van der Waals surface area contributed by atoms with Crippen LogP contribution in [0.3, 0.4) is 0 Å². The molecule has 1 aromatic heterocycles. The van der Waals surface area contributed by atoms with Crippen LogP contribution in [0.5, 0.6) is 0 Å². The number of aliphatic hydroxyl groups is 1. The fourth-order valence-electron chi connectivity index (χ4n) is 4.61. The number of halogens is 3. The summed E-state index contributed by atoms with van der Waals surface area (Å²) in [7, 11) is 1.91. The number of likely N-dealkylation sites (tertiary alicyclic amines) is 1. The van der Waals surface area contributed by atoms with E-state index in [1.807, 2.05) is 36.0 Å². The Bertz CT molecular complexity index is 1330. The second-order valence-electron chi connectivity index (χ2n) is 8.99. The summed E-state index contributed by atoms with van der Waals surface area (Å²) >= 11 is 0. The zero-order valence-electron chi connectivity index (χ0n) is 19.5. The van der Waals surface area contributed by atoms with E-state index in [0.717, 1.165) is 16.5 Å². The molecule has 188 valence electrons. The largest absolute Gasteiger partial charge is 0.414 e. The van der Waals surface area contributed by atoms with Gasteiger partial charge in [-0.2, -0.15) is 18.4 Å². The van der Waals surface area contributed by atoms with Crippen molar-refractivity contribution in [3.8, 4) is 6.07 Å². The van der Waals surface area contributed by atoms with Gasteiger partial charge in [0.1, 0.15) is 0 Å². The van der Waals surface area contributed by atoms with E-state index in [0.29, 0.717) is 42.7 Å². The minimum absolute atomic E-state index is 0.0866. The van der Waals surface area contributed by atoms with Crippen molar-refractivity contribution in [3.05, 3.63) is 65.4 Å². The molecular formula is C26H25F3N4O3. The van der Waals surface area contributed by atoms with Crippen molar-refractivity contribution in [2.75, 3.05) is 18.4 Å². The van der Waals surface area contributed by atoms with Crippen molar-refractivity contribution >= 4 is 28.4 Å². The highest BCUT2D eigenvalue weighted by Crippen LogP contribution is 2.36. The maximum absolute atomic E-state index is 12.7. The lowest BCUT2D eigenvalue weighted by molar-refractivity contribution is -0.207. The number of benzene rings is 2. The van der Waals surface area contributed by atoms with Gasteiger partial charge in [0.25, 0.3) is 5.91 Å². The molecule has 1 aliphatic heterocycles. The van der Waals surface area contributed by atoms with Crippen LogP contribution in [0.4, 0.5) is 18.9 Å². The molecule has 0 bridgehead atoms. The number of piperidine rings is 1. The first-order valence-electron chi connectivity index (χ1n) is 11.5. The first-order valence-corrected chi connectivity index (χ1v) is 11.5. The van der Waals surface area contributed by atoms with Crippen LogP contribution in [0.25, 0.3) is 10.9 Å². The first kappa shape index (κ1) is 25.3. The molecule has 4 rings (SSSR count). The van der Waals surface area contributed by atoms with E-state index in [1.165, 1.54) is 11.0 Å². The molecule has 2 amide bonds. The zero-order chi connectivity index (χ0) is 26.0. The Morgan fingerprint density at radius 3 is 2.58 bits per heavy atom. The molecule has 0 saturated carbocycles. The van der Waals surface area contributed by atoms with Crippen molar-refractivity contribution < 1.29 is 27.9 Å². The number of nitrogens with one attached hydrogen (secondary N) is 1. The number of anilines is 1. The molecule has 2 heterocycles. The summed E-state index contributed by atoms with van der Waals surface area (Å²) in [6.45, 7) is 0.603. The summed E-state index contributed by atoms with van der Waals surface area (Å²) in [6.07, 6.45) is -5.29. The van der Waals surface area contributed by atoms with E-state index in [2.05, 4.69) is 5.32 Å². The van der Waals surface area contributed by atoms with Crippen LogP contribution in [0.15, 0.2) is 48.7 Å². The standard InChI is InChI=1S/C26H25F3N4O3/c1-32-15-21(17-7-9-33(10-8-17)24(35)13-23(34)26(27,28)29)20-12-19(5-6-22(20)32)31-25(36)18-4-2-3-16(11-18)14-30/h2-6,11-12,15,17,23,34H,7-10,13H2,1H3,(H,31,36). The van der Waals surface area contributed by atoms with Gasteiger partial charge in [-0.3, -0.25) is 9.59 Å². The molecule has 3 aromatic rings. The fourth-order valence-corrected chi connectivity index (χ4v) is 4.61. The molecule has 1 unspecified atom stereocenters. The van der Waals surface area contributed by atoms with Crippen LogP contribution in [-0.4, -0.2) is 51.8 Å². The van der Waals surface area contributed by atoms with Crippen LogP contribution in [0, 0.1) is 11.3 Å². The Kier molecular flexibility index (Phi) is 7.04. The molecule has 0 spiro atoms. The second kappa shape index (κ2) is 10.0. The van der Waals surface area contributed by atoms with Gasteiger partial charge in [0, 0.05) is 48.5 Å². The molecule has 1 aliphatic rings. The van der Waals surface area contributed by atoms with Crippen molar-refractivity contribution in [1.29, 1.82) is 5.26 Å². The van der Waals surface area contributed by atoms with E-state index in [4.69, 9.17) is 5.26 Å². The Morgan fingerprint density at radius 2 is 1.92 bits per heavy atom. The number of amides is 2. The maximum atomic E-state index is 12.7. The van der Waals surface area contributed by atoms with Crippen molar-refractivity contribution in [3.63, 3.8) is 0 Å². The predicted molar refractivity (Wildman–Crippen MR) is 127 cm³/mol. The van der Waals surface area contributed by atoms with Crippen LogP contribution >= 0.6 is 0 Å². The highest BCUT2D eigenvalue weighted by atomic mass is 19.4. The summed E-state index contributed by atoms with van der Waals surface area (Å²) < 4.78 is 39.7. The Morgan fingerprint density at radius 1 is 1.19 bits per heavy atom. The first-order chi connectivity index (χ1) is 17.1. The number of rotatable bonds is 5. The lowest BCUT2D eigenvalue weighted by Crippen LogP contribution is -2.41. The predicted octanol–water partition coefficient (Wildman–Crippen LogP) is 4.32. The summed E-state index contributed by atoms with van der Waals surface area (Å²) in [5, 5.41) is 22.1. The average molecular weight is 499 g/mol. The van der Waals surface area contributed by atoms with Gasteiger partial charge in [-0.05, 0) is 60.7 Å². The normalized spacial score (nSPS) is 15.5. The molecule has 1 fully saturated rings. The number of fused-ring (bicyclic) bond motifs is 1. The number of nitrogens with zero attached hydrogens (tertiary/aromatic N) is 3. The van der Waals surface area contributed by atoms with Gasteiger partial charge in [-0.15, -0.1) is 0 Å². The minimum atomic E-state index is -4.82. The van der Waals surface area contributed by atoms with Gasteiger partial charge in [0.05, 0.1) is 18.1 Å². The van der Waals surface area contributed by atoms with Crippen LogP contribution in [0.1, 0.15) is 46.7 Å². The van der Waals surface area contributed by atoms with E-state index in [1.54, 1.807) is 24.3 Å². The molecular weight excluding hydrogens is 473 g/mol. The molecule has 7 nitrogen and oxygen atoms in total. The third-order valence-electron chi connectivity index (χ3n) is 6.57.